The van der Waals surface area contributed by atoms with Gasteiger partial charge in [-0.25, -0.2) is 4.98 Å². The lowest BCUT2D eigenvalue weighted by Crippen LogP contribution is -2.30. The second-order valence-corrected chi connectivity index (χ2v) is 7.27. The van der Waals surface area contributed by atoms with Gasteiger partial charge in [-0.15, -0.1) is 0 Å². The Morgan fingerprint density at radius 3 is 2.33 bits per heavy atom. The van der Waals surface area contributed by atoms with Gasteiger partial charge in [-0.05, 0) is 31.9 Å². The van der Waals surface area contributed by atoms with Gasteiger partial charge in [-0.2, -0.15) is 0 Å². The fourth-order valence-electron chi connectivity index (χ4n) is 3.60. The minimum absolute atomic E-state index is 0.0722. The number of imidazole rings is 1. The van der Waals surface area contributed by atoms with Gasteiger partial charge in [0.05, 0.1) is 28.1 Å². The third-order valence-corrected chi connectivity index (χ3v) is 5.26. The number of benzene rings is 2. The molecule has 2 aromatic carbocycles. The first kappa shape index (κ1) is 19.5. The number of fused-ring (bicyclic) bond motifs is 1. The van der Waals surface area contributed by atoms with Gasteiger partial charge in [0, 0.05) is 36.5 Å². The maximum absolute atomic E-state index is 12.4. The number of nitro groups is 1. The fourth-order valence-corrected chi connectivity index (χ4v) is 3.60. The minimum Gasteiger partial charge on any atom is -0.337 e. The molecule has 0 N–H and O–H groups in total. The second kappa shape index (κ2) is 7.90. The van der Waals surface area contributed by atoms with E-state index in [0.717, 1.165) is 6.42 Å². The topological polar surface area (TPSA) is 98.3 Å². The first-order valence-electron chi connectivity index (χ1n) is 9.68. The van der Waals surface area contributed by atoms with E-state index in [-0.39, 0.29) is 17.5 Å². The Morgan fingerprint density at radius 1 is 1.00 bits per heavy atom. The number of aryl methyl sites for hydroxylation is 2. The van der Waals surface area contributed by atoms with Crippen molar-refractivity contribution < 1.29 is 14.5 Å². The summed E-state index contributed by atoms with van der Waals surface area (Å²) in [4.78, 5) is 41.1. The fraction of sp³-hybridized carbons (Fsp3) is 0.227. The summed E-state index contributed by atoms with van der Waals surface area (Å²) in [5.41, 5.74) is 2.97. The van der Waals surface area contributed by atoms with Crippen LogP contribution in [0.25, 0.3) is 11.3 Å². The van der Waals surface area contributed by atoms with Gasteiger partial charge in [-0.1, -0.05) is 24.3 Å². The molecule has 1 aliphatic rings. The van der Waals surface area contributed by atoms with Crippen LogP contribution in [0.1, 0.15) is 39.1 Å². The van der Waals surface area contributed by atoms with Crippen molar-refractivity contribution in [2.24, 2.45) is 0 Å². The van der Waals surface area contributed by atoms with Crippen LogP contribution in [-0.2, 0) is 6.54 Å². The summed E-state index contributed by atoms with van der Waals surface area (Å²) in [5, 5.41) is 11.1. The molecule has 8 nitrogen and oxygen atoms in total. The average Bonchev–Trinajstić information content (AvgIpc) is 3.30. The van der Waals surface area contributed by atoms with Gasteiger partial charge >= 0.3 is 0 Å². The number of nitrogens with zero attached hydrogens (tertiary/aromatic N) is 4. The van der Waals surface area contributed by atoms with Gasteiger partial charge in [-0.3, -0.25) is 24.6 Å². The highest BCUT2D eigenvalue weighted by Crippen LogP contribution is 2.26. The number of hydrogen-bond donors (Lipinski definition) is 0. The van der Waals surface area contributed by atoms with Crippen LogP contribution in [-0.4, -0.2) is 37.7 Å². The van der Waals surface area contributed by atoms with E-state index in [1.807, 2.05) is 16.8 Å². The number of amides is 2. The Morgan fingerprint density at radius 2 is 1.67 bits per heavy atom. The lowest BCUT2D eigenvalue weighted by Gasteiger charge is -2.13. The van der Waals surface area contributed by atoms with E-state index in [4.69, 9.17) is 0 Å². The van der Waals surface area contributed by atoms with E-state index >= 15 is 0 Å². The van der Waals surface area contributed by atoms with Crippen LogP contribution >= 0.6 is 0 Å². The van der Waals surface area contributed by atoms with Crippen molar-refractivity contribution in [3.05, 3.63) is 81.8 Å². The Hall–Kier alpha value is -3.81. The molecule has 0 unspecified atom stereocenters. The van der Waals surface area contributed by atoms with Gasteiger partial charge in [0.1, 0.15) is 0 Å². The smallest absolute Gasteiger partial charge is 0.272 e. The predicted octanol–water partition coefficient (Wildman–Crippen LogP) is 3.84. The molecule has 0 atom stereocenters. The maximum atomic E-state index is 12.4. The molecule has 0 spiro atoms. The third kappa shape index (κ3) is 3.59. The molecule has 0 saturated heterocycles. The summed E-state index contributed by atoms with van der Waals surface area (Å²) in [6, 6.07) is 11.9. The molecule has 8 heteroatoms. The molecule has 0 saturated carbocycles. The largest absolute Gasteiger partial charge is 0.337 e. The molecule has 4 rings (SSSR count). The summed E-state index contributed by atoms with van der Waals surface area (Å²) in [6.45, 7) is 2.75. The number of carbonyl (C=O) groups is 2. The third-order valence-electron chi connectivity index (χ3n) is 5.26. The van der Waals surface area contributed by atoms with Crippen LogP contribution in [0.5, 0.6) is 0 Å². The Bertz CT molecular complexity index is 1120. The second-order valence-electron chi connectivity index (χ2n) is 7.27. The van der Waals surface area contributed by atoms with E-state index < -0.39 is 4.92 Å². The highest BCUT2D eigenvalue weighted by Gasteiger charge is 2.34. The molecule has 0 aliphatic carbocycles. The van der Waals surface area contributed by atoms with Crippen molar-refractivity contribution in [3.63, 3.8) is 0 Å². The van der Waals surface area contributed by atoms with Crippen LogP contribution in [0.2, 0.25) is 0 Å². The van der Waals surface area contributed by atoms with E-state index in [1.54, 1.807) is 43.6 Å². The van der Waals surface area contributed by atoms with Crippen LogP contribution < -0.4 is 0 Å². The SMILES string of the molecule is Cc1ccc(-c2cn(CCCCN3C(=O)c4ccccc4C3=O)cn2)cc1[N+](=O)[O-]. The monoisotopic (exact) mass is 404 g/mol. The van der Waals surface area contributed by atoms with Gasteiger partial charge in [0.2, 0.25) is 0 Å². The zero-order valence-corrected chi connectivity index (χ0v) is 16.4. The van der Waals surface area contributed by atoms with Crippen LogP contribution in [0, 0.1) is 17.0 Å². The lowest BCUT2D eigenvalue weighted by atomic mass is 10.1. The Kier molecular flexibility index (Phi) is 5.14. The summed E-state index contributed by atoms with van der Waals surface area (Å²) >= 11 is 0. The molecule has 2 heterocycles. The van der Waals surface area contributed by atoms with Gasteiger partial charge < -0.3 is 4.57 Å². The molecule has 30 heavy (non-hydrogen) atoms. The van der Waals surface area contributed by atoms with Crippen LogP contribution in [0.3, 0.4) is 0 Å². The number of unbranched alkanes of at least 4 members (excludes halogenated alkanes) is 1. The van der Waals surface area contributed by atoms with E-state index in [1.165, 1.54) is 11.0 Å². The first-order chi connectivity index (χ1) is 14.5. The molecule has 0 bridgehead atoms. The average molecular weight is 404 g/mol. The molecule has 0 radical (unpaired) electrons. The number of nitro benzene ring substituents is 1. The van der Waals surface area contributed by atoms with E-state index in [9.17, 15) is 19.7 Å². The predicted molar refractivity (Wildman–Crippen MR) is 110 cm³/mol. The molecule has 3 aromatic rings. The van der Waals surface area contributed by atoms with Crippen molar-refractivity contribution in [2.45, 2.75) is 26.3 Å². The Labute approximate surface area is 172 Å². The number of rotatable bonds is 7. The van der Waals surface area contributed by atoms with Gasteiger partial charge in [0.15, 0.2) is 0 Å². The normalized spacial score (nSPS) is 13.0. The number of imide groups is 1. The molecule has 1 aliphatic heterocycles. The molecule has 2 amide bonds. The van der Waals surface area contributed by atoms with Crippen LogP contribution in [0.15, 0.2) is 55.0 Å². The molecule has 152 valence electrons. The lowest BCUT2D eigenvalue weighted by molar-refractivity contribution is -0.385. The van der Waals surface area contributed by atoms with E-state index in [2.05, 4.69) is 4.98 Å². The standard InChI is InChI=1S/C22H20N4O4/c1-15-8-9-16(12-20(15)26(29)30)19-13-24(14-23-19)10-4-5-11-25-21(27)17-6-2-3-7-18(17)22(25)28/h2-3,6-9,12-14H,4-5,10-11H2,1H3. The molecular formula is C22H20N4O4. The van der Waals surface area contributed by atoms with E-state index in [0.29, 0.717) is 47.5 Å². The maximum Gasteiger partial charge on any atom is 0.272 e. The summed E-state index contributed by atoms with van der Waals surface area (Å²) in [7, 11) is 0. The van der Waals surface area contributed by atoms with Crippen molar-refractivity contribution in [1.29, 1.82) is 0 Å². The Balaban J connectivity index is 1.34. The molecule has 1 aromatic heterocycles. The summed E-state index contributed by atoms with van der Waals surface area (Å²) < 4.78 is 1.91. The van der Waals surface area contributed by atoms with Crippen molar-refractivity contribution in [3.8, 4) is 11.3 Å². The number of aromatic nitrogens is 2. The molecular weight excluding hydrogens is 384 g/mol. The van der Waals surface area contributed by atoms with Crippen molar-refractivity contribution in [1.82, 2.24) is 14.5 Å². The highest BCUT2D eigenvalue weighted by atomic mass is 16.6. The van der Waals surface area contributed by atoms with Crippen LogP contribution in [0.4, 0.5) is 5.69 Å². The summed E-state index contributed by atoms with van der Waals surface area (Å²) in [5.74, 6) is -0.469. The van der Waals surface area contributed by atoms with Gasteiger partial charge in [0.25, 0.3) is 17.5 Å². The quantitative estimate of drug-likeness (QED) is 0.258. The zero-order chi connectivity index (χ0) is 21.3. The number of carbonyl (C=O) groups excluding carboxylic acids is 2. The first-order valence-corrected chi connectivity index (χ1v) is 9.68. The minimum atomic E-state index is -0.394. The number of hydrogen-bond acceptors (Lipinski definition) is 5. The van der Waals surface area contributed by atoms with Crippen molar-refractivity contribution >= 4 is 17.5 Å². The molecule has 0 fully saturated rings. The highest BCUT2D eigenvalue weighted by molar-refractivity contribution is 6.21. The summed E-state index contributed by atoms with van der Waals surface area (Å²) in [6.07, 6.45) is 4.96. The zero-order valence-electron chi connectivity index (χ0n) is 16.4. The van der Waals surface area contributed by atoms with Crippen molar-refractivity contribution in [2.75, 3.05) is 6.54 Å².